The van der Waals surface area contributed by atoms with Crippen molar-refractivity contribution in [3.05, 3.63) is 29.8 Å². The fraction of sp³-hybridized carbons (Fsp3) is 0.455. The minimum Gasteiger partial charge on any atom is -0.744 e. The van der Waals surface area contributed by atoms with Crippen molar-refractivity contribution in [1.29, 1.82) is 0 Å². The summed E-state index contributed by atoms with van der Waals surface area (Å²) in [5, 5.41) is 0. The molecule has 0 atom stereocenters. The molecule has 0 N–H and O–H groups in total. The molecule has 0 saturated carbocycles. The Morgan fingerprint density at radius 2 is 1.60 bits per heavy atom. The minimum absolute atomic E-state index is 0.155. The molecule has 84 valence electrons. The molecule has 0 unspecified atom stereocenters. The molecular weight excluding hydrogens is 212 g/mol. The van der Waals surface area contributed by atoms with E-state index in [1.165, 1.54) is 12.1 Å². The average Bonchev–Trinajstić information content (AvgIpc) is 2.19. The first kappa shape index (κ1) is 12.2. The summed E-state index contributed by atoms with van der Waals surface area (Å²) in [6.45, 7) is 4.18. The summed E-state index contributed by atoms with van der Waals surface area (Å²) in [5.41, 5.74) is 1.09. The molecule has 3 nitrogen and oxygen atoms in total. The standard InChI is InChI=1S/C11H16O3S/c1-3-9(4-2)10-5-7-11(8-6-10)15(12,13)14/h5-9H,3-4H2,1-2H3,(H,12,13,14)/p-1. The third-order valence-corrected chi connectivity index (χ3v) is 3.48. The normalized spacial score (nSPS) is 12.0. The zero-order valence-corrected chi connectivity index (χ0v) is 9.75. The van der Waals surface area contributed by atoms with Crippen molar-refractivity contribution in [3.63, 3.8) is 0 Å². The SMILES string of the molecule is CCC(CC)c1ccc(S(=O)(=O)[O-])cc1. The molecule has 0 aliphatic carbocycles. The Morgan fingerprint density at radius 1 is 1.13 bits per heavy atom. The van der Waals surface area contributed by atoms with Crippen LogP contribution in [0.15, 0.2) is 29.2 Å². The predicted octanol–water partition coefficient (Wildman–Crippen LogP) is 2.49. The van der Waals surface area contributed by atoms with Crippen LogP contribution in [0.2, 0.25) is 0 Å². The van der Waals surface area contributed by atoms with Crippen molar-refractivity contribution in [2.45, 2.75) is 37.5 Å². The maximum Gasteiger partial charge on any atom is 0.124 e. The summed E-state index contributed by atoms with van der Waals surface area (Å²) in [7, 11) is -4.31. The van der Waals surface area contributed by atoms with Crippen molar-refractivity contribution in [2.75, 3.05) is 0 Å². The minimum atomic E-state index is -4.31. The van der Waals surface area contributed by atoms with E-state index in [1.54, 1.807) is 12.1 Å². The molecule has 0 aliphatic heterocycles. The van der Waals surface area contributed by atoms with E-state index >= 15 is 0 Å². The number of rotatable bonds is 4. The van der Waals surface area contributed by atoms with Crippen LogP contribution in [0, 0.1) is 0 Å². The second kappa shape index (κ2) is 4.77. The van der Waals surface area contributed by atoms with Gasteiger partial charge in [0, 0.05) is 0 Å². The highest BCUT2D eigenvalue weighted by Gasteiger charge is 2.07. The Labute approximate surface area is 90.9 Å². The third kappa shape index (κ3) is 3.04. The van der Waals surface area contributed by atoms with E-state index < -0.39 is 10.1 Å². The van der Waals surface area contributed by atoms with Crippen LogP contribution in [0.25, 0.3) is 0 Å². The van der Waals surface area contributed by atoms with Crippen molar-refractivity contribution in [1.82, 2.24) is 0 Å². The summed E-state index contributed by atoms with van der Waals surface area (Å²) in [6.07, 6.45) is 2.03. The molecule has 1 aromatic rings. The van der Waals surface area contributed by atoms with Gasteiger partial charge in [0.1, 0.15) is 10.1 Å². The molecular formula is C11H15O3S-. The Kier molecular flexibility index (Phi) is 3.88. The molecule has 0 aromatic heterocycles. The van der Waals surface area contributed by atoms with Crippen molar-refractivity contribution < 1.29 is 13.0 Å². The van der Waals surface area contributed by atoms with Crippen LogP contribution in [-0.4, -0.2) is 13.0 Å². The summed E-state index contributed by atoms with van der Waals surface area (Å²) in [5.74, 6) is 0.438. The largest absolute Gasteiger partial charge is 0.744 e. The fourth-order valence-corrected chi connectivity index (χ4v) is 2.14. The van der Waals surface area contributed by atoms with E-state index in [1.807, 2.05) is 0 Å². The van der Waals surface area contributed by atoms with E-state index in [2.05, 4.69) is 13.8 Å². The summed E-state index contributed by atoms with van der Waals surface area (Å²) in [6, 6.07) is 6.22. The molecule has 0 fully saturated rings. The van der Waals surface area contributed by atoms with Gasteiger partial charge in [0.25, 0.3) is 0 Å². The van der Waals surface area contributed by atoms with Gasteiger partial charge in [-0.05, 0) is 36.5 Å². The van der Waals surface area contributed by atoms with Crippen LogP contribution < -0.4 is 0 Å². The Balaban J connectivity index is 3.00. The van der Waals surface area contributed by atoms with Gasteiger partial charge in [-0.1, -0.05) is 26.0 Å². The van der Waals surface area contributed by atoms with Gasteiger partial charge in [-0.15, -0.1) is 0 Å². The highest BCUT2D eigenvalue weighted by atomic mass is 32.2. The quantitative estimate of drug-likeness (QED) is 0.742. The maximum atomic E-state index is 10.7. The first-order valence-corrected chi connectivity index (χ1v) is 6.45. The molecule has 1 rings (SSSR count). The van der Waals surface area contributed by atoms with Gasteiger partial charge >= 0.3 is 0 Å². The lowest BCUT2D eigenvalue weighted by Crippen LogP contribution is -2.00. The first-order chi connectivity index (χ1) is 6.99. The number of hydrogen-bond acceptors (Lipinski definition) is 3. The molecule has 0 bridgehead atoms. The van der Waals surface area contributed by atoms with Gasteiger partial charge in [-0.2, -0.15) is 0 Å². The highest BCUT2D eigenvalue weighted by Crippen LogP contribution is 2.23. The van der Waals surface area contributed by atoms with E-state index in [9.17, 15) is 13.0 Å². The molecule has 0 heterocycles. The van der Waals surface area contributed by atoms with Crippen molar-refractivity contribution in [2.24, 2.45) is 0 Å². The molecule has 0 aliphatic rings. The molecule has 4 heteroatoms. The lowest BCUT2D eigenvalue weighted by molar-refractivity contribution is 0.463. The first-order valence-electron chi connectivity index (χ1n) is 5.04. The molecule has 0 spiro atoms. The zero-order chi connectivity index (χ0) is 11.5. The second-order valence-electron chi connectivity index (χ2n) is 3.54. The lowest BCUT2D eigenvalue weighted by Gasteiger charge is -2.14. The average molecular weight is 227 g/mol. The van der Waals surface area contributed by atoms with Gasteiger partial charge in [-0.3, -0.25) is 0 Å². The molecule has 0 saturated heterocycles. The van der Waals surface area contributed by atoms with Gasteiger partial charge in [0.15, 0.2) is 0 Å². The van der Waals surface area contributed by atoms with Crippen LogP contribution in [0.1, 0.15) is 38.2 Å². The maximum absolute atomic E-state index is 10.7. The monoisotopic (exact) mass is 227 g/mol. The van der Waals surface area contributed by atoms with Crippen molar-refractivity contribution in [3.8, 4) is 0 Å². The van der Waals surface area contributed by atoms with E-state index in [0.29, 0.717) is 5.92 Å². The topological polar surface area (TPSA) is 57.2 Å². The van der Waals surface area contributed by atoms with Crippen LogP contribution in [-0.2, 0) is 10.1 Å². The third-order valence-electron chi connectivity index (χ3n) is 2.63. The predicted molar refractivity (Wildman–Crippen MR) is 57.7 cm³/mol. The smallest absolute Gasteiger partial charge is 0.124 e. The number of hydrogen-bond donors (Lipinski definition) is 0. The van der Waals surface area contributed by atoms with Gasteiger partial charge in [0.05, 0.1) is 4.90 Å². The van der Waals surface area contributed by atoms with Crippen LogP contribution in [0.4, 0.5) is 0 Å². The summed E-state index contributed by atoms with van der Waals surface area (Å²) < 4.78 is 32.1. The highest BCUT2D eigenvalue weighted by molar-refractivity contribution is 7.85. The van der Waals surface area contributed by atoms with Gasteiger partial charge < -0.3 is 4.55 Å². The van der Waals surface area contributed by atoms with Crippen LogP contribution >= 0.6 is 0 Å². The van der Waals surface area contributed by atoms with Crippen molar-refractivity contribution >= 4 is 10.1 Å². The zero-order valence-electron chi connectivity index (χ0n) is 8.93. The van der Waals surface area contributed by atoms with E-state index in [-0.39, 0.29) is 4.90 Å². The number of benzene rings is 1. The summed E-state index contributed by atoms with van der Waals surface area (Å²) >= 11 is 0. The van der Waals surface area contributed by atoms with E-state index in [4.69, 9.17) is 0 Å². The molecule has 15 heavy (non-hydrogen) atoms. The molecule has 0 radical (unpaired) electrons. The Hall–Kier alpha value is -0.870. The van der Waals surface area contributed by atoms with Crippen LogP contribution in [0.3, 0.4) is 0 Å². The Morgan fingerprint density at radius 3 is 1.93 bits per heavy atom. The molecule has 0 amide bonds. The van der Waals surface area contributed by atoms with E-state index in [0.717, 1.165) is 18.4 Å². The van der Waals surface area contributed by atoms with Gasteiger partial charge in [0.2, 0.25) is 0 Å². The summed E-state index contributed by atoms with van der Waals surface area (Å²) in [4.78, 5) is -0.155. The molecule has 1 aromatic carbocycles. The second-order valence-corrected chi connectivity index (χ2v) is 4.92. The fourth-order valence-electron chi connectivity index (χ4n) is 1.67. The van der Waals surface area contributed by atoms with Crippen LogP contribution in [0.5, 0.6) is 0 Å². The van der Waals surface area contributed by atoms with Gasteiger partial charge in [-0.25, -0.2) is 8.42 Å². The lowest BCUT2D eigenvalue weighted by atomic mass is 9.94. The Bertz CT molecular complexity index is 402.